The Labute approximate surface area is 223 Å². The predicted octanol–water partition coefficient (Wildman–Crippen LogP) is 5.85. The zero-order chi connectivity index (χ0) is 26.6. The smallest absolute Gasteiger partial charge is 0.304 e. The van der Waals surface area contributed by atoms with Gasteiger partial charge in [-0.25, -0.2) is 14.4 Å². The Morgan fingerprint density at radius 2 is 1.92 bits per heavy atom. The lowest BCUT2D eigenvalue weighted by atomic mass is 9.94. The molecule has 0 spiro atoms. The average Bonchev–Trinajstić information content (AvgIpc) is 3.64. The van der Waals surface area contributed by atoms with Gasteiger partial charge in [0.05, 0.1) is 25.1 Å². The number of benzene rings is 2. The number of thiazole rings is 1. The highest BCUT2D eigenvalue weighted by Crippen LogP contribution is 2.39. The van der Waals surface area contributed by atoms with E-state index in [0.717, 1.165) is 29.5 Å². The molecule has 1 N–H and O–H groups in total. The van der Waals surface area contributed by atoms with Crippen molar-refractivity contribution in [1.29, 1.82) is 0 Å². The van der Waals surface area contributed by atoms with Crippen LogP contribution in [0, 0.1) is 11.7 Å². The molecule has 0 aliphatic heterocycles. The minimum absolute atomic E-state index is 0.0219. The maximum Gasteiger partial charge on any atom is 0.304 e. The van der Waals surface area contributed by atoms with Crippen molar-refractivity contribution in [2.45, 2.75) is 31.7 Å². The summed E-state index contributed by atoms with van der Waals surface area (Å²) < 4.78 is 19.5. The van der Waals surface area contributed by atoms with Crippen molar-refractivity contribution in [3.05, 3.63) is 83.6 Å². The molecular formula is C29H26FN3O4S. The number of carboxylic acid groups (broad SMARTS) is 1. The van der Waals surface area contributed by atoms with E-state index < -0.39 is 17.7 Å². The topological polar surface area (TPSA) is 92.6 Å². The van der Waals surface area contributed by atoms with Crippen molar-refractivity contribution in [3.8, 4) is 28.3 Å². The van der Waals surface area contributed by atoms with Crippen LogP contribution in [-0.4, -0.2) is 40.1 Å². The lowest BCUT2D eigenvalue weighted by Crippen LogP contribution is -2.39. The molecule has 38 heavy (non-hydrogen) atoms. The fraction of sp³-hybridized carbons (Fsp3) is 0.241. The number of amides is 1. The van der Waals surface area contributed by atoms with Gasteiger partial charge in [-0.1, -0.05) is 36.4 Å². The number of carbonyl (C=O) groups excluding carboxylic acids is 1. The van der Waals surface area contributed by atoms with Crippen molar-refractivity contribution < 1.29 is 23.8 Å². The lowest BCUT2D eigenvalue weighted by molar-refractivity contribution is -0.140. The number of hydrogen-bond donors (Lipinski definition) is 1. The van der Waals surface area contributed by atoms with Gasteiger partial charge in [-0.05, 0) is 48.6 Å². The number of rotatable bonds is 10. The molecule has 194 valence electrons. The van der Waals surface area contributed by atoms with Crippen molar-refractivity contribution >= 4 is 28.3 Å². The molecule has 0 radical (unpaired) electrons. The third kappa shape index (κ3) is 5.73. The van der Waals surface area contributed by atoms with E-state index in [1.807, 2.05) is 36.4 Å². The quantitative estimate of drug-likeness (QED) is 0.276. The van der Waals surface area contributed by atoms with E-state index in [0.29, 0.717) is 28.7 Å². The van der Waals surface area contributed by atoms with Crippen LogP contribution in [0.15, 0.2) is 72.2 Å². The molecule has 2 heterocycles. The SMILES string of the molecule is COc1ccc(-c2ccc(F)cc2-c2csc(N(C(=O)C(CC(=O)O)Cc3ccccc3)C3CC3)n2)cn1. The van der Waals surface area contributed by atoms with Crippen LogP contribution >= 0.6 is 11.3 Å². The van der Waals surface area contributed by atoms with Crippen LogP contribution in [0.2, 0.25) is 0 Å². The Morgan fingerprint density at radius 1 is 1.13 bits per heavy atom. The molecular weight excluding hydrogens is 505 g/mol. The van der Waals surface area contributed by atoms with E-state index in [-0.39, 0.29) is 18.4 Å². The van der Waals surface area contributed by atoms with Crippen LogP contribution < -0.4 is 9.64 Å². The molecule has 4 aromatic rings. The minimum atomic E-state index is -1.02. The van der Waals surface area contributed by atoms with Gasteiger partial charge in [0.1, 0.15) is 5.82 Å². The molecule has 0 bridgehead atoms. The maximum atomic E-state index is 14.4. The second-order valence-corrected chi connectivity index (χ2v) is 10.1. The third-order valence-electron chi connectivity index (χ3n) is 6.46. The van der Waals surface area contributed by atoms with Gasteiger partial charge in [0.2, 0.25) is 11.8 Å². The monoisotopic (exact) mass is 531 g/mol. The number of pyridine rings is 1. The summed E-state index contributed by atoms with van der Waals surface area (Å²) in [6.45, 7) is 0. The zero-order valence-electron chi connectivity index (χ0n) is 20.7. The number of halogens is 1. The molecule has 2 aromatic heterocycles. The molecule has 1 atom stereocenters. The van der Waals surface area contributed by atoms with E-state index >= 15 is 0 Å². The molecule has 5 rings (SSSR count). The number of ether oxygens (including phenoxy) is 1. The molecule has 1 fully saturated rings. The summed E-state index contributed by atoms with van der Waals surface area (Å²) in [7, 11) is 1.54. The first-order chi connectivity index (χ1) is 18.4. The number of carboxylic acids is 1. The maximum absolute atomic E-state index is 14.4. The second kappa shape index (κ2) is 11.1. The fourth-order valence-corrected chi connectivity index (χ4v) is 5.36. The Balaban J connectivity index is 1.47. The number of nitrogens with zero attached hydrogens (tertiary/aromatic N) is 3. The number of aromatic nitrogens is 2. The fourth-order valence-electron chi connectivity index (χ4n) is 4.46. The Bertz CT molecular complexity index is 1440. The van der Waals surface area contributed by atoms with Gasteiger partial charge in [0.25, 0.3) is 0 Å². The lowest BCUT2D eigenvalue weighted by Gasteiger charge is -2.25. The Morgan fingerprint density at radius 3 is 2.58 bits per heavy atom. The third-order valence-corrected chi connectivity index (χ3v) is 7.30. The number of hydrogen-bond acceptors (Lipinski definition) is 6. The van der Waals surface area contributed by atoms with E-state index in [4.69, 9.17) is 9.72 Å². The van der Waals surface area contributed by atoms with Gasteiger partial charge in [-0.15, -0.1) is 11.3 Å². The Kier molecular flexibility index (Phi) is 7.46. The van der Waals surface area contributed by atoms with Gasteiger partial charge in [0, 0.05) is 34.8 Å². The van der Waals surface area contributed by atoms with Crippen LogP contribution in [0.3, 0.4) is 0 Å². The molecule has 1 unspecified atom stereocenters. The summed E-state index contributed by atoms with van der Waals surface area (Å²) >= 11 is 1.30. The van der Waals surface area contributed by atoms with Crippen LogP contribution in [0.5, 0.6) is 5.88 Å². The van der Waals surface area contributed by atoms with Crippen molar-refractivity contribution in [3.63, 3.8) is 0 Å². The highest BCUT2D eigenvalue weighted by Gasteiger charge is 2.39. The standard InChI is InChI=1S/C29H26FN3O4S/c1-37-26-12-7-19(16-31-26)23-11-8-21(30)15-24(23)25-17-38-29(32-25)33(22-9-10-22)28(36)20(14-27(34)35)13-18-5-3-2-4-6-18/h2-8,11-12,15-17,20,22H,9-10,13-14H2,1H3,(H,34,35). The number of anilines is 1. The molecule has 1 saturated carbocycles. The first-order valence-electron chi connectivity index (χ1n) is 12.3. The van der Waals surface area contributed by atoms with Gasteiger partial charge in [0.15, 0.2) is 5.13 Å². The van der Waals surface area contributed by atoms with Gasteiger partial charge in [-0.2, -0.15) is 0 Å². The van der Waals surface area contributed by atoms with Gasteiger partial charge < -0.3 is 9.84 Å². The molecule has 1 amide bonds. The van der Waals surface area contributed by atoms with Crippen molar-refractivity contribution in [2.24, 2.45) is 5.92 Å². The summed E-state index contributed by atoms with van der Waals surface area (Å²) in [5, 5.41) is 11.8. The summed E-state index contributed by atoms with van der Waals surface area (Å²) in [4.78, 5) is 36.1. The van der Waals surface area contributed by atoms with Gasteiger partial charge >= 0.3 is 5.97 Å². The average molecular weight is 532 g/mol. The predicted molar refractivity (Wildman–Crippen MR) is 144 cm³/mol. The highest BCUT2D eigenvalue weighted by molar-refractivity contribution is 7.14. The molecule has 0 saturated heterocycles. The summed E-state index contributed by atoms with van der Waals surface area (Å²) in [5.74, 6) is -1.93. The number of methoxy groups -OCH3 is 1. The molecule has 2 aromatic carbocycles. The van der Waals surface area contributed by atoms with Crippen LogP contribution in [0.25, 0.3) is 22.4 Å². The second-order valence-electron chi connectivity index (χ2n) is 9.22. The van der Waals surface area contributed by atoms with E-state index in [1.54, 1.807) is 28.6 Å². The Hall–Kier alpha value is -4.11. The van der Waals surface area contributed by atoms with Gasteiger partial charge in [-0.3, -0.25) is 14.5 Å². The van der Waals surface area contributed by atoms with Crippen LogP contribution in [0.4, 0.5) is 9.52 Å². The van der Waals surface area contributed by atoms with Crippen molar-refractivity contribution in [1.82, 2.24) is 9.97 Å². The van der Waals surface area contributed by atoms with Crippen LogP contribution in [-0.2, 0) is 16.0 Å². The number of aliphatic carboxylic acids is 1. The zero-order valence-corrected chi connectivity index (χ0v) is 21.5. The number of carbonyl (C=O) groups is 2. The summed E-state index contributed by atoms with van der Waals surface area (Å²) in [6.07, 6.45) is 3.37. The first kappa shape index (κ1) is 25.5. The summed E-state index contributed by atoms with van der Waals surface area (Å²) in [5.41, 5.74) is 3.53. The molecule has 1 aliphatic carbocycles. The van der Waals surface area contributed by atoms with Crippen LogP contribution in [0.1, 0.15) is 24.8 Å². The summed E-state index contributed by atoms with van der Waals surface area (Å²) in [6, 6.07) is 17.5. The highest BCUT2D eigenvalue weighted by atomic mass is 32.1. The van der Waals surface area contributed by atoms with E-state index in [9.17, 15) is 19.1 Å². The molecule has 7 nitrogen and oxygen atoms in total. The normalized spacial score (nSPS) is 13.6. The van der Waals surface area contributed by atoms with E-state index in [1.165, 1.54) is 30.6 Å². The minimum Gasteiger partial charge on any atom is -0.481 e. The molecule has 9 heteroatoms. The van der Waals surface area contributed by atoms with Crippen molar-refractivity contribution in [2.75, 3.05) is 12.0 Å². The largest absolute Gasteiger partial charge is 0.481 e. The molecule has 1 aliphatic rings. The first-order valence-corrected chi connectivity index (χ1v) is 13.2. The van der Waals surface area contributed by atoms with E-state index in [2.05, 4.69) is 4.98 Å².